The van der Waals surface area contributed by atoms with Gasteiger partial charge in [-0.25, -0.2) is 9.97 Å². The van der Waals surface area contributed by atoms with E-state index in [9.17, 15) is 4.79 Å². The Labute approximate surface area is 178 Å². The number of carbonyl (C=O) groups is 1. The Bertz CT molecular complexity index is 930. The van der Waals surface area contributed by atoms with Crippen molar-refractivity contribution in [2.75, 3.05) is 51.2 Å². The third-order valence-electron chi connectivity index (χ3n) is 7.17. The van der Waals surface area contributed by atoms with Crippen molar-refractivity contribution in [2.24, 2.45) is 0 Å². The first-order valence-corrected chi connectivity index (χ1v) is 11.1. The van der Waals surface area contributed by atoms with E-state index in [0.29, 0.717) is 5.56 Å². The van der Waals surface area contributed by atoms with Crippen molar-refractivity contribution in [3.05, 3.63) is 47.2 Å². The van der Waals surface area contributed by atoms with Gasteiger partial charge < -0.3 is 14.7 Å². The van der Waals surface area contributed by atoms with Gasteiger partial charge in [0.1, 0.15) is 11.6 Å². The van der Waals surface area contributed by atoms with Crippen LogP contribution in [0.3, 0.4) is 0 Å². The zero-order chi connectivity index (χ0) is 20.7. The molecule has 7 nitrogen and oxygen atoms in total. The van der Waals surface area contributed by atoms with Gasteiger partial charge in [-0.2, -0.15) is 0 Å². The van der Waals surface area contributed by atoms with Crippen LogP contribution >= 0.6 is 0 Å². The molecule has 2 aliphatic heterocycles. The standard InChI is InChI=1S/C23H30N6O/c1-17-25-20-19(21(26-17)28-14-12-27(2)13-15-28)5-6-23(20)7-10-29(11-8-23)22(30)18-4-3-9-24-16-18/h3-4,9,16H,5-8,10-15H2,1-2H3. The van der Waals surface area contributed by atoms with Crippen LogP contribution < -0.4 is 4.90 Å². The van der Waals surface area contributed by atoms with Crippen molar-refractivity contribution in [1.82, 2.24) is 24.8 Å². The number of likely N-dealkylation sites (tertiary alicyclic amines) is 1. The third kappa shape index (κ3) is 3.35. The maximum Gasteiger partial charge on any atom is 0.255 e. The summed E-state index contributed by atoms with van der Waals surface area (Å²) in [6, 6.07) is 3.68. The largest absolute Gasteiger partial charge is 0.354 e. The number of carbonyl (C=O) groups excluding carboxylic acids is 1. The molecule has 2 aromatic heterocycles. The first-order chi connectivity index (χ1) is 14.6. The highest BCUT2D eigenvalue weighted by Crippen LogP contribution is 2.47. The molecule has 0 aromatic carbocycles. The smallest absolute Gasteiger partial charge is 0.255 e. The van der Waals surface area contributed by atoms with Crippen LogP contribution in [0.25, 0.3) is 0 Å². The lowest BCUT2D eigenvalue weighted by molar-refractivity contribution is 0.0663. The van der Waals surface area contributed by atoms with Gasteiger partial charge in [0.05, 0.1) is 11.3 Å². The minimum absolute atomic E-state index is 0.0909. The number of amides is 1. The van der Waals surface area contributed by atoms with Gasteiger partial charge in [-0.1, -0.05) is 0 Å². The van der Waals surface area contributed by atoms with E-state index in [1.165, 1.54) is 11.3 Å². The van der Waals surface area contributed by atoms with Gasteiger partial charge in [-0.15, -0.1) is 0 Å². The van der Waals surface area contributed by atoms with Gasteiger partial charge in [0.15, 0.2) is 0 Å². The summed E-state index contributed by atoms with van der Waals surface area (Å²) in [5.74, 6) is 2.13. The summed E-state index contributed by atoms with van der Waals surface area (Å²) in [4.78, 5) is 33.6. The van der Waals surface area contributed by atoms with Crippen molar-refractivity contribution < 1.29 is 4.79 Å². The third-order valence-corrected chi connectivity index (χ3v) is 7.17. The van der Waals surface area contributed by atoms with Crippen molar-refractivity contribution in [2.45, 2.75) is 38.0 Å². The van der Waals surface area contributed by atoms with Gasteiger partial charge in [-0.3, -0.25) is 9.78 Å². The molecular formula is C23H30N6O. The molecule has 5 rings (SSSR count). The normalized spacial score (nSPS) is 21.1. The minimum atomic E-state index is 0.0909. The molecule has 2 aromatic rings. The minimum Gasteiger partial charge on any atom is -0.354 e. The molecule has 30 heavy (non-hydrogen) atoms. The highest BCUT2D eigenvalue weighted by atomic mass is 16.2. The second kappa shape index (κ2) is 7.61. The van der Waals surface area contributed by atoms with E-state index in [2.05, 4.69) is 21.8 Å². The lowest BCUT2D eigenvalue weighted by atomic mass is 9.76. The summed E-state index contributed by atoms with van der Waals surface area (Å²) >= 11 is 0. The van der Waals surface area contributed by atoms with Crippen LogP contribution in [0.4, 0.5) is 5.82 Å². The maximum atomic E-state index is 12.8. The zero-order valence-electron chi connectivity index (χ0n) is 18.0. The number of hydrogen-bond donors (Lipinski definition) is 0. The molecule has 4 heterocycles. The van der Waals surface area contributed by atoms with Crippen molar-refractivity contribution in [3.8, 4) is 0 Å². The van der Waals surface area contributed by atoms with E-state index in [1.54, 1.807) is 12.4 Å². The van der Waals surface area contributed by atoms with Crippen LogP contribution in [0, 0.1) is 6.92 Å². The molecule has 2 saturated heterocycles. The predicted molar refractivity (Wildman–Crippen MR) is 116 cm³/mol. The molecule has 7 heteroatoms. The Kier molecular flexibility index (Phi) is 4.93. The van der Waals surface area contributed by atoms with E-state index in [0.717, 1.165) is 76.6 Å². The molecule has 0 radical (unpaired) electrons. The Hall–Kier alpha value is -2.54. The summed E-state index contributed by atoms with van der Waals surface area (Å²) in [6.07, 6.45) is 7.49. The molecule has 0 saturated carbocycles. The lowest BCUT2D eigenvalue weighted by Gasteiger charge is -2.40. The zero-order valence-corrected chi connectivity index (χ0v) is 18.0. The number of pyridine rings is 1. The predicted octanol–water partition coefficient (Wildman–Crippen LogP) is 2.05. The molecule has 0 atom stereocenters. The van der Waals surface area contributed by atoms with Gasteiger partial charge in [-0.05, 0) is 51.8 Å². The fraction of sp³-hybridized carbons (Fsp3) is 0.565. The fourth-order valence-electron chi connectivity index (χ4n) is 5.31. The molecule has 1 amide bonds. The summed E-state index contributed by atoms with van der Waals surface area (Å²) in [5, 5.41) is 0. The number of likely N-dealkylation sites (N-methyl/N-ethyl adjacent to an activating group) is 1. The Morgan fingerprint density at radius 3 is 2.50 bits per heavy atom. The summed E-state index contributed by atoms with van der Waals surface area (Å²) in [6.45, 7) is 7.79. The van der Waals surface area contributed by atoms with Crippen LogP contribution in [0.2, 0.25) is 0 Å². The number of anilines is 1. The molecule has 3 aliphatic rings. The van der Waals surface area contributed by atoms with Gasteiger partial charge in [0, 0.05) is 62.6 Å². The van der Waals surface area contributed by atoms with Crippen LogP contribution in [-0.2, 0) is 11.8 Å². The quantitative estimate of drug-likeness (QED) is 0.761. The fourth-order valence-corrected chi connectivity index (χ4v) is 5.31. The van der Waals surface area contributed by atoms with E-state index >= 15 is 0 Å². The van der Waals surface area contributed by atoms with E-state index in [4.69, 9.17) is 9.97 Å². The molecule has 1 aliphatic carbocycles. The molecule has 0 N–H and O–H groups in total. The first-order valence-electron chi connectivity index (χ1n) is 11.1. The van der Waals surface area contributed by atoms with Crippen LogP contribution in [0.1, 0.15) is 46.7 Å². The van der Waals surface area contributed by atoms with Gasteiger partial charge >= 0.3 is 0 Å². The Morgan fingerprint density at radius 1 is 1.03 bits per heavy atom. The van der Waals surface area contributed by atoms with Crippen molar-refractivity contribution in [3.63, 3.8) is 0 Å². The highest BCUT2D eigenvalue weighted by molar-refractivity contribution is 5.94. The maximum absolute atomic E-state index is 12.8. The van der Waals surface area contributed by atoms with Crippen LogP contribution in [0.5, 0.6) is 0 Å². The summed E-state index contributed by atoms with van der Waals surface area (Å²) in [5.41, 5.74) is 3.39. The van der Waals surface area contributed by atoms with E-state index in [1.807, 2.05) is 24.0 Å². The Morgan fingerprint density at radius 2 is 1.80 bits per heavy atom. The number of piperazine rings is 1. The van der Waals surface area contributed by atoms with Gasteiger partial charge in [0.2, 0.25) is 0 Å². The number of nitrogens with zero attached hydrogens (tertiary/aromatic N) is 6. The highest BCUT2D eigenvalue weighted by Gasteiger charge is 2.45. The molecular weight excluding hydrogens is 376 g/mol. The van der Waals surface area contributed by atoms with Crippen molar-refractivity contribution in [1.29, 1.82) is 0 Å². The van der Waals surface area contributed by atoms with Gasteiger partial charge in [0.25, 0.3) is 5.91 Å². The number of hydrogen-bond acceptors (Lipinski definition) is 6. The number of aromatic nitrogens is 3. The number of fused-ring (bicyclic) bond motifs is 2. The second-order valence-electron chi connectivity index (χ2n) is 9.03. The Balaban J connectivity index is 1.37. The van der Waals surface area contributed by atoms with E-state index < -0.39 is 0 Å². The molecule has 0 bridgehead atoms. The monoisotopic (exact) mass is 406 g/mol. The molecule has 2 fully saturated rings. The van der Waals surface area contributed by atoms with Crippen molar-refractivity contribution >= 4 is 11.7 Å². The van der Waals surface area contributed by atoms with E-state index in [-0.39, 0.29) is 11.3 Å². The van der Waals surface area contributed by atoms with Crippen LogP contribution in [0.15, 0.2) is 24.5 Å². The lowest BCUT2D eigenvalue weighted by Crippen LogP contribution is -2.46. The molecule has 0 unspecified atom stereocenters. The van der Waals surface area contributed by atoms with Crippen LogP contribution in [-0.4, -0.2) is 77.0 Å². The molecule has 158 valence electrons. The summed E-state index contributed by atoms with van der Waals surface area (Å²) in [7, 11) is 2.18. The second-order valence-corrected chi connectivity index (χ2v) is 9.03. The topological polar surface area (TPSA) is 65.5 Å². The first kappa shape index (κ1) is 19.4. The summed E-state index contributed by atoms with van der Waals surface area (Å²) < 4.78 is 0. The number of rotatable bonds is 2. The number of aryl methyl sites for hydroxylation is 1. The average Bonchev–Trinajstić information content (AvgIpc) is 3.12. The number of piperidine rings is 1. The SMILES string of the molecule is Cc1nc(N2CCN(C)CC2)c2c(n1)C1(CC2)CCN(C(=O)c2cccnc2)CC1. The average molecular weight is 407 g/mol. The molecule has 1 spiro atoms.